The molecule has 0 saturated heterocycles. The van der Waals surface area contributed by atoms with Gasteiger partial charge in [-0.15, -0.1) is 0 Å². The molecule has 0 radical (unpaired) electrons. The van der Waals surface area contributed by atoms with Crippen LogP contribution < -0.4 is 9.64 Å². The summed E-state index contributed by atoms with van der Waals surface area (Å²) in [4.78, 5) is 7.21. The monoisotopic (exact) mass is 554 g/mol. The number of allylic oxidation sites excluding steroid dienone is 1. The lowest BCUT2D eigenvalue weighted by Crippen LogP contribution is -2.25. The zero-order chi connectivity index (χ0) is 28.3. The van der Waals surface area contributed by atoms with Crippen LogP contribution >= 0.6 is 0 Å². The van der Waals surface area contributed by atoms with Crippen molar-refractivity contribution in [3.8, 4) is 16.9 Å². The summed E-state index contributed by atoms with van der Waals surface area (Å²) in [7, 11) is 0. The van der Waals surface area contributed by atoms with Gasteiger partial charge in [0, 0.05) is 28.2 Å². The molecule has 0 saturated carbocycles. The summed E-state index contributed by atoms with van der Waals surface area (Å²) in [5.41, 5.74) is 8.22. The van der Waals surface area contributed by atoms with Crippen LogP contribution in [0.1, 0.15) is 11.5 Å². The Morgan fingerprint density at radius 1 is 0.628 bits per heavy atom. The van der Waals surface area contributed by atoms with Gasteiger partial charge in [-0.25, -0.2) is 4.99 Å². The van der Waals surface area contributed by atoms with Gasteiger partial charge in [0.25, 0.3) is 0 Å². The minimum atomic E-state index is -0.278. The third kappa shape index (κ3) is 3.87. The van der Waals surface area contributed by atoms with Gasteiger partial charge >= 0.3 is 0 Å². The van der Waals surface area contributed by atoms with E-state index in [1.54, 1.807) is 0 Å². The Hall–Kier alpha value is -5.61. The van der Waals surface area contributed by atoms with E-state index in [4.69, 9.17) is 14.1 Å². The number of hydrogen-bond acceptors (Lipinski definition) is 4. The summed E-state index contributed by atoms with van der Waals surface area (Å²) in [5, 5.41) is 4.57. The fraction of sp³-hybridized carbons (Fsp3) is 0.0513. The van der Waals surface area contributed by atoms with Crippen molar-refractivity contribution < 1.29 is 9.15 Å². The van der Waals surface area contributed by atoms with Gasteiger partial charge in [-0.05, 0) is 64.4 Å². The molecule has 2 atom stereocenters. The number of aliphatic imine (C=N–C) groups is 1. The van der Waals surface area contributed by atoms with Crippen molar-refractivity contribution in [3.63, 3.8) is 0 Å². The lowest BCUT2D eigenvalue weighted by Gasteiger charge is -2.29. The van der Waals surface area contributed by atoms with E-state index in [-0.39, 0.29) is 12.1 Å². The second kappa shape index (κ2) is 9.47. The Labute approximate surface area is 248 Å². The van der Waals surface area contributed by atoms with E-state index in [0.29, 0.717) is 0 Å². The average molecular weight is 555 g/mol. The van der Waals surface area contributed by atoms with E-state index in [2.05, 4.69) is 126 Å². The van der Waals surface area contributed by atoms with Crippen LogP contribution in [0.5, 0.6) is 5.75 Å². The standard InChI is InChI=1S/C39H26N2O2/c1-2-9-25(10-3-1)26-17-19-29(20-18-26)41(35-15-8-14-32-31-13-6-7-16-36(31)42-38(32)35)30-23-34-33-21-27-11-4-5-12-28(27)22-37(33)43-39(34)40-24-30/h1-24,34,39H. The second-order valence-corrected chi connectivity index (χ2v) is 11.1. The van der Waals surface area contributed by atoms with Crippen molar-refractivity contribution in [2.75, 3.05) is 4.90 Å². The molecule has 2 aliphatic rings. The highest BCUT2D eigenvalue weighted by Gasteiger charge is 2.36. The van der Waals surface area contributed by atoms with Crippen LogP contribution in [0.4, 0.5) is 11.4 Å². The van der Waals surface area contributed by atoms with Crippen LogP contribution in [0, 0.1) is 0 Å². The molecule has 0 N–H and O–H groups in total. The number of rotatable bonds is 4. The molecule has 4 heteroatoms. The van der Waals surface area contributed by atoms with Crippen molar-refractivity contribution in [3.05, 3.63) is 151 Å². The second-order valence-electron chi connectivity index (χ2n) is 11.1. The molecular formula is C39H26N2O2. The largest absolute Gasteiger partial charge is 0.467 e. The van der Waals surface area contributed by atoms with Gasteiger partial charge in [-0.2, -0.15) is 0 Å². The summed E-state index contributed by atoms with van der Waals surface area (Å²) in [6.07, 6.45) is 3.96. The van der Waals surface area contributed by atoms with E-state index in [9.17, 15) is 0 Å². The molecule has 0 bridgehead atoms. The SMILES string of the molecule is C1=NC2Oc3cc4ccccc4cc3C2C=C1N(c1ccc(-c2ccccc2)cc1)c1cccc2c1oc1ccccc12. The number of fused-ring (bicyclic) bond motifs is 7. The lowest BCUT2D eigenvalue weighted by molar-refractivity contribution is 0.229. The zero-order valence-corrected chi connectivity index (χ0v) is 23.2. The summed E-state index contributed by atoms with van der Waals surface area (Å²) < 4.78 is 12.9. The maximum atomic E-state index is 6.52. The van der Waals surface area contributed by atoms with Crippen molar-refractivity contribution >= 4 is 50.3 Å². The van der Waals surface area contributed by atoms with Crippen LogP contribution in [0.25, 0.3) is 43.8 Å². The molecule has 0 spiro atoms. The quantitative estimate of drug-likeness (QED) is 0.217. The molecule has 43 heavy (non-hydrogen) atoms. The molecular weight excluding hydrogens is 528 g/mol. The summed E-state index contributed by atoms with van der Waals surface area (Å²) >= 11 is 0. The van der Waals surface area contributed by atoms with E-state index in [1.165, 1.54) is 27.5 Å². The van der Waals surface area contributed by atoms with E-state index >= 15 is 0 Å². The molecule has 2 aliphatic heterocycles. The van der Waals surface area contributed by atoms with Gasteiger partial charge < -0.3 is 14.1 Å². The highest BCUT2D eigenvalue weighted by atomic mass is 16.5. The number of anilines is 2. The van der Waals surface area contributed by atoms with Gasteiger partial charge in [0.1, 0.15) is 11.3 Å². The molecule has 7 aromatic rings. The Kier molecular flexibility index (Phi) is 5.29. The molecule has 6 aromatic carbocycles. The number of furan rings is 1. The predicted molar refractivity (Wildman–Crippen MR) is 175 cm³/mol. The van der Waals surface area contributed by atoms with Crippen LogP contribution in [-0.4, -0.2) is 12.4 Å². The van der Waals surface area contributed by atoms with Gasteiger partial charge in [-0.3, -0.25) is 0 Å². The Balaban J connectivity index is 1.22. The highest BCUT2D eigenvalue weighted by Crippen LogP contribution is 2.46. The average Bonchev–Trinajstić information content (AvgIpc) is 3.63. The van der Waals surface area contributed by atoms with E-state index < -0.39 is 0 Å². The van der Waals surface area contributed by atoms with Gasteiger partial charge in [0.2, 0.25) is 0 Å². The minimum absolute atomic E-state index is 0.000532. The third-order valence-corrected chi connectivity index (χ3v) is 8.61. The summed E-state index contributed by atoms with van der Waals surface area (Å²) in [6, 6.07) is 46.6. The number of nitrogens with zero attached hydrogens (tertiary/aromatic N) is 2. The Morgan fingerprint density at radius 2 is 1.35 bits per heavy atom. The maximum Gasteiger partial charge on any atom is 0.200 e. The molecule has 9 rings (SSSR count). The molecule has 1 aromatic heterocycles. The molecule has 4 nitrogen and oxygen atoms in total. The van der Waals surface area contributed by atoms with Crippen LogP contribution in [-0.2, 0) is 0 Å². The first kappa shape index (κ1) is 24.0. The number of para-hydroxylation sites is 2. The van der Waals surface area contributed by atoms with Crippen molar-refractivity contribution in [2.24, 2.45) is 4.99 Å². The van der Waals surface area contributed by atoms with Crippen molar-refractivity contribution in [1.29, 1.82) is 0 Å². The zero-order valence-electron chi connectivity index (χ0n) is 23.2. The molecule has 3 heterocycles. The first-order valence-corrected chi connectivity index (χ1v) is 14.6. The smallest absolute Gasteiger partial charge is 0.200 e. The van der Waals surface area contributed by atoms with Gasteiger partial charge in [0.05, 0.1) is 17.3 Å². The van der Waals surface area contributed by atoms with Crippen LogP contribution in [0.2, 0.25) is 0 Å². The van der Waals surface area contributed by atoms with Crippen molar-refractivity contribution in [1.82, 2.24) is 0 Å². The first-order valence-electron chi connectivity index (χ1n) is 14.6. The number of dihydropyridines is 1. The maximum absolute atomic E-state index is 6.52. The van der Waals surface area contributed by atoms with E-state index in [1.807, 2.05) is 24.4 Å². The Bertz CT molecular complexity index is 2230. The molecule has 0 amide bonds. The third-order valence-electron chi connectivity index (χ3n) is 8.61. The first-order chi connectivity index (χ1) is 21.3. The predicted octanol–water partition coefficient (Wildman–Crippen LogP) is 10.0. The number of ether oxygens (including phenoxy) is 1. The summed E-state index contributed by atoms with van der Waals surface area (Å²) in [6.45, 7) is 0. The fourth-order valence-electron chi connectivity index (χ4n) is 6.53. The van der Waals surface area contributed by atoms with Crippen molar-refractivity contribution in [2.45, 2.75) is 12.1 Å². The minimum Gasteiger partial charge on any atom is -0.467 e. The van der Waals surface area contributed by atoms with Crippen LogP contribution in [0.15, 0.2) is 155 Å². The number of hydrogen-bond donors (Lipinski definition) is 0. The molecule has 204 valence electrons. The Morgan fingerprint density at radius 3 is 2.21 bits per heavy atom. The van der Waals surface area contributed by atoms with Gasteiger partial charge in [0.15, 0.2) is 11.8 Å². The summed E-state index contributed by atoms with van der Waals surface area (Å²) in [5.74, 6) is 0.905. The molecule has 0 aliphatic carbocycles. The lowest BCUT2D eigenvalue weighted by atomic mass is 9.93. The van der Waals surface area contributed by atoms with E-state index in [0.717, 1.165) is 44.8 Å². The fourth-order valence-corrected chi connectivity index (χ4v) is 6.53. The topological polar surface area (TPSA) is 38.0 Å². The highest BCUT2D eigenvalue weighted by molar-refractivity contribution is 6.10. The normalized spacial score (nSPS) is 17.1. The number of benzene rings is 6. The van der Waals surface area contributed by atoms with Crippen LogP contribution in [0.3, 0.4) is 0 Å². The molecule has 2 unspecified atom stereocenters. The van der Waals surface area contributed by atoms with Gasteiger partial charge in [-0.1, -0.05) is 97.1 Å². The molecule has 0 fully saturated rings.